The lowest BCUT2D eigenvalue weighted by atomic mass is 10.5. The van der Waals surface area contributed by atoms with E-state index in [0.29, 0.717) is 18.2 Å². The normalized spacial score (nSPS) is 12.3. The zero-order valence-corrected chi connectivity index (χ0v) is 14.4. The predicted molar refractivity (Wildman–Crippen MR) is 85.3 cm³/mol. The Labute approximate surface area is 130 Å². The van der Waals surface area contributed by atoms with Gasteiger partial charge in [-0.25, -0.2) is 12.7 Å². The predicted octanol–water partition coefficient (Wildman–Crippen LogP) is -0.0343. The van der Waals surface area contributed by atoms with Gasteiger partial charge >= 0.3 is 0 Å². The van der Waals surface area contributed by atoms with E-state index < -0.39 is 10.0 Å². The number of rotatable bonds is 9. The molecule has 122 valence electrons. The van der Waals surface area contributed by atoms with E-state index in [1.54, 1.807) is 7.11 Å². The molecule has 1 rings (SSSR count). The van der Waals surface area contributed by atoms with Crippen molar-refractivity contribution >= 4 is 32.4 Å². The van der Waals surface area contributed by atoms with Gasteiger partial charge in [-0.1, -0.05) is 0 Å². The highest BCUT2D eigenvalue weighted by molar-refractivity contribution is 7.89. The monoisotopic (exact) mass is 337 g/mol. The molecule has 0 aliphatic rings. The summed E-state index contributed by atoms with van der Waals surface area (Å²) in [6.45, 7) is 2.82. The number of aromatic nitrogens is 1. The van der Waals surface area contributed by atoms with Crippen molar-refractivity contribution in [3.63, 3.8) is 0 Å². The van der Waals surface area contributed by atoms with Crippen molar-refractivity contribution in [1.82, 2.24) is 13.6 Å². The average Bonchev–Trinajstić information content (AvgIpc) is 2.78. The van der Waals surface area contributed by atoms with Crippen LogP contribution in [0, 0.1) is 0 Å². The van der Waals surface area contributed by atoms with Gasteiger partial charge in [-0.2, -0.15) is 4.37 Å². The van der Waals surface area contributed by atoms with Crippen LogP contribution in [0.25, 0.3) is 0 Å². The summed E-state index contributed by atoms with van der Waals surface area (Å²) in [6, 6.07) is 0. The highest BCUT2D eigenvalue weighted by Crippen LogP contribution is 2.32. The van der Waals surface area contributed by atoms with Crippen molar-refractivity contribution in [2.75, 3.05) is 65.5 Å². The molecule has 1 aromatic rings. The van der Waals surface area contributed by atoms with Crippen LogP contribution in [0.3, 0.4) is 0 Å². The fourth-order valence-electron chi connectivity index (χ4n) is 1.56. The third-order valence-electron chi connectivity index (χ3n) is 2.87. The number of nitrogens with zero attached hydrogens (tertiary/aromatic N) is 3. The van der Waals surface area contributed by atoms with E-state index in [2.05, 4.69) is 14.6 Å². The molecule has 0 atom stereocenters. The van der Waals surface area contributed by atoms with Crippen LogP contribution >= 0.6 is 11.5 Å². The Kier molecular flexibility index (Phi) is 6.81. The van der Waals surface area contributed by atoms with Crippen molar-refractivity contribution in [1.29, 1.82) is 0 Å². The van der Waals surface area contributed by atoms with Crippen molar-refractivity contribution in [2.45, 2.75) is 4.90 Å². The standard InChI is InChI=1S/C11H23N5O3S2/c1-15(2)21(17,18)9-10(12)14-20-11(9)13-5-6-16(3)7-8-19-4/h13H,5-8H2,1-4H3,(H2,12,14). The first-order chi connectivity index (χ1) is 9.80. The van der Waals surface area contributed by atoms with Crippen LogP contribution in [0.4, 0.5) is 10.8 Å². The number of hydrogen-bond donors (Lipinski definition) is 2. The first-order valence-corrected chi connectivity index (χ1v) is 8.61. The van der Waals surface area contributed by atoms with Crippen LogP contribution in [-0.2, 0) is 14.8 Å². The van der Waals surface area contributed by atoms with E-state index in [0.717, 1.165) is 28.9 Å². The van der Waals surface area contributed by atoms with Gasteiger partial charge in [-0.05, 0) is 18.6 Å². The number of hydrogen-bond acceptors (Lipinski definition) is 8. The van der Waals surface area contributed by atoms with E-state index in [9.17, 15) is 8.42 Å². The van der Waals surface area contributed by atoms with Gasteiger partial charge in [-0.3, -0.25) is 0 Å². The van der Waals surface area contributed by atoms with Crippen LogP contribution in [0.5, 0.6) is 0 Å². The molecule has 8 nitrogen and oxygen atoms in total. The van der Waals surface area contributed by atoms with Crippen molar-refractivity contribution < 1.29 is 13.2 Å². The Balaban J connectivity index is 2.70. The maximum atomic E-state index is 12.2. The Hall–Kier alpha value is -0.940. The van der Waals surface area contributed by atoms with Crippen LogP contribution in [0.1, 0.15) is 0 Å². The number of methoxy groups -OCH3 is 1. The molecule has 1 heterocycles. The van der Waals surface area contributed by atoms with Gasteiger partial charge in [0.2, 0.25) is 10.0 Å². The summed E-state index contributed by atoms with van der Waals surface area (Å²) in [7, 11) is 2.96. The molecule has 0 saturated carbocycles. The molecular weight excluding hydrogens is 314 g/mol. The minimum Gasteiger partial charge on any atom is -0.383 e. The molecule has 0 radical (unpaired) electrons. The second-order valence-electron chi connectivity index (χ2n) is 4.74. The summed E-state index contributed by atoms with van der Waals surface area (Å²) in [4.78, 5) is 2.14. The smallest absolute Gasteiger partial charge is 0.249 e. The number of sulfonamides is 1. The van der Waals surface area contributed by atoms with E-state index in [1.165, 1.54) is 14.1 Å². The topological polar surface area (TPSA) is 101 Å². The molecule has 3 N–H and O–H groups in total. The van der Waals surface area contributed by atoms with Crippen LogP contribution in [-0.4, -0.2) is 76.5 Å². The molecule has 0 aromatic carbocycles. The molecular formula is C11H23N5O3S2. The highest BCUT2D eigenvalue weighted by atomic mass is 32.2. The molecule has 0 unspecified atom stereocenters. The van der Waals surface area contributed by atoms with Gasteiger partial charge in [0.05, 0.1) is 6.61 Å². The summed E-state index contributed by atoms with van der Waals surface area (Å²) in [5.74, 6) is 0.0314. The molecule has 21 heavy (non-hydrogen) atoms. The van der Waals surface area contributed by atoms with Gasteiger partial charge in [0.15, 0.2) is 10.7 Å². The number of anilines is 2. The number of nitrogens with two attached hydrogens (primary N) is 1. The lowest BCUT2D eigenvalue weighted by molar-refractivity contribution is 0.163. The Morgan fingerprint density at radius 2 is 2.00 bits per heavy atom. The third-order valence-corrected chi connectivity index (χ3v) is 5.71. The van der Waals surface area contributed by atoms with Crippen LogP contribution in [0.15, 0.2) is 4.90 Å². The van der Waals surface area contributed by atoms with E-state index in [4.69, 9.17) is 10.5 Å². The molecule has 0 amide bonds. The quantitative estimate of drug-likeness (QED) is 0.652. The van der Waals surface area contributed by atoms with Gasteiger partial charge in [0.1, 0.15) is 5.00 Å². The SMILES string of the molecule is COCCN(C)CCNc1snc(N)c1S(=O)(=O)N(C)C. The molecule has 0 aliphatic carbocycles. The lowest BCUT2D eigenvalue weighted by Crippen LogP contribution is -2.29. The molecule has 10 heteroatoms. The molecule has 0 spiro atoms. The van der Waals surface area contributed by atoms with E-state index in [-0.39, 0.29) is 10.7 Å². The summed E-state index contributed by atoms with van der Waals surface area (Å²) < 4.78 is 34.5. The molecule has 0 saturated heterocycles. The molecule has 0 aliphatic heterocycles. The van der Waals surface area contributed by atoms with Gasteiger partial charge in [-0.15, -0.1) is 0 Å². The number of nitrogens with one attached hydrogen (secondary N) is 1. The van der Waals surface area contributed by atoms with Crippen molar-refractivity contribution in [3.8, 4) is 0 Å². The summed E-state index contributed by atoms with van der Waals surface area (Å²) in [5, 5.41) is 3.56. The number of ether oxygens (including phenoxy) is 1. The maximum absolute atomic E-state index is 12.2. The van der Waals surface area contributed by atoms with Crippen molar-refractivity contribution in [2.24, 2.45) is 0 Å². The molecule has 0 fully saturated rings. The Bertz CT molecular complexity index is 544. The third kappa shape index (κ3) is 4.78. The number of likely N-dealkylation sites (N-methyl/N-ethyl adjacent to an activating group) is 1. The second kappa shape index (κ2) is 7.90. The van der Waals surface area contributed by atoms with E-state index >= 15 is 0 Å². The zero-order chi connectivity index (χ0) is 16.0. The van der Waals surface area contributed by atoms with Crippen LogP contribution in [0.2, 0.25) is 0 Å². The largest absolute Gasteiger partial charge is 0.383 e. The fraction of sp³-hybridized carbons (Fsp3) is 0.727. The Morgan fingerprint density at radius 3 is 2.57 bits per heavy atom. The highest BCUT2D eigenvalue weighted by Gasteiger charge is 2.27. The first-order valence-electron chi connectivity index (χ1n) is 6.39. The Morgan fingerprint density at radius 1 is 1.33 bits per heavy atom. The summed E-state index contributed by atoms with van der Waals surface area (Å²) >= 11 is 1.05. The van der Waals surface area contributed by atoms with Gasteiger partial charge < -0.3 is 20.7 Å². The number of nitrogen functional groups attached to an aromatic ring is 1. The molecule has 0 bridgehead atoms. The van der Waals surface area contributed by atoms with Crippen molar-refractivity contribution in [3.05, 3.63) is 0 Å². The zero-order valence-electron chi connectivity index (χ0n) is 12.8. The summed E-state index contributed by atoms with van der Waals surface area (Å²) in [6.07, 6.45) is 0. The van der Waals surface area contributed by atoms with Gasteiger partial charge in [0, 0.05) is 40.8 Å². The summed E-state index contributed by atoms with van der Waals surface area (Å²) in [5.41, 5.74) is 5.69. The second-order valence-corrected chi connectivity index (χ2v) is 7.60. The maximum Gasteiger partial charge on any atom is 0.249 e. The first kappa shape index (κ1) is 18.1. The fourth-order valence-corrected chi connectivity index (χ4v) is 3.66. The average molecular weight is 337 g/mol. The lowest BCUT2D eigenvalue weighted by Gasteiger charge is -2.17. The molecule has 1 aromatic heterocycles. The van der Waals surface area contributed by atoms with Crippen LogP contribution < -0.4 is 11.1 Å². The van der Waals surface area contributed by atoms with E-state index in [1.807, 2.05) is 7.05 Å². The van der Waals surface area contributed by atoms with Gasteiger partial charge in [0.25, 0.3) is 0 Å². The minimum absolute atomic E-state index is 0.0314. The minimum atomic E-state index is -3.60.